The van der Waals surface area contributed by atoms with Crippen LogP contribution in [0.2, 0.25) is 0 Å². The maximum Gasteiger partial charge on any atom is 0.241 e. The molecule has 0 amide bonds. The van der Waals surface area contributed by atoms with Crippen LogP contribution in [-0.4, -0.2) is 36.0 Å². The van der Waals surface area contributed by atoms with E-state index >= 15 is 0 Å². The summed E-state index contributed by atoms with van der Waals surface area (Å²) in [4.78, 5) is 0.266. The second kappa shape index (κ2) is 7.04. The molecule has 0 aliphatic rings. The Morgan fingerprint density at radius 1 is 1.36 bits per heavy atom. The Hall–Kier alpha value is -1.70. The van der Waals surface area contributed by atoms with E-state index in [4.69, 9.17) is 0 Å². The minimum Gasteiger partial charge on any atom is -0.395 e. The number of nitrogens with zero attached hydrogens (tertiary/aromatic N) is 2. The summed E-state index contributed by atoms with van der Waals surface area (Å²) in [7, 11) is -1.87. The summed E-state index contributed by atoms with van der Waals surface area (Å²) in [6.45, 7) is 1.63. The van der Waals surface area contributed by atoms with Crippen molar-refractivity contribution in [3.63, 3.8) is 0 Å². The van der Waals surface area contributed by atoms with Crippen LogP contribution in [0.15, 0.2) is 41.6 Å². The molecule has 0 saturated carbocycles. The fraction of sp³-hybridized carbons (Fsp3) is 0.400. The summed E-state index contributed by atoms with van der Waals surface area (Å²) >= 11 is 0. The van der Waals surface area contributed by atoms with E-state index in [9.17, 15) is 13.5 Å². The molecule has 22 heavy (non-hydrogen) atoms. The predicted molar refractivity (Wildman–Crippen MR) is 83.9 cm³/mol. The zero-order chi connectivity index (χ0) is 16.2. The second-order valence-electron chi connectivity index (χ2n) is 5.19. The van der Waals surface area contributed by atoms with Crippen LogP contribution in [0.4, 0.5) is 0 Å². The van der Waals surface area contributed by atoms with Gasteiger partial charge in [-0.2, -0.15) is 5.10 Å². The number of benzene rings is 1. The molecule has 2 N–H and O–H groups in total. The van der Waals surface area contributed by atoms with E-state index in [0.717, 1.165) is 11.1 Å². The SMILES string of the molecule is CCc1ccccc1S(=O)(=O)N[C@@H](CO)Cc1cnn(C)c1. The lowest BCUT2D eigenvalue weighted by atomic mass is 10.1. The lowest BCUT2D eigenvalue weighted by Crippen LogP contribution is -2.39. The standard InChI is InChI=1S/C15H21N3O3S/c1-3-13-6-4-5-7-15(13)22(20,21)17-14(11-19)8-12-9-16-18(2)10-12/h4-7,9-10,14,17,19H,3,8,11H2,1-2H3/t14-/m1/s1. The lowest BCUT2D eigenvalue weighted by Gasteiger charge is -2.17. The van der Waals surface area contributed by atoms with Crippen molar-refractivity contribution in [2.75, 3.05) is 6.61 Å². The van der Waals surface area contributed by atoms with Gasteiger partial charge in [0.05, 0.1) is 17.7 Å². The van der Waals surface area contributed by atoms with Gasteiger partial charge in [0, 0.05) is 19.3 Å². The molecule has 6 nitrogen and oxygen atoms in total. The Morgan fingerprint density at radius 3 is 2.68 bits per heavy atom. The van der Waals surface area contributed by atoms with Gasteiger partial charge in [-0.3, -0.25) is 4.68 Å². The first kappa shape index (κ1) is 16.7. The number of aliphatic hydroxyl groups is 1. The first-order valence-corrected chi connectivity index (χ1v) is 8.63. The van der Waals surface area contributed by atoms with E-state index < -0.39 is 16.1 Å². The maximum atomic E-state index is 12.5. The summed E-state index contributed by atoms with van der Waals surface area (Å²) in [6.07, 6.45) is 4.48. The van der Waals surface area contributed by atoms with E-state index in [2.05, 4.69) is 9.82 Å². The molecule has 0 fully saturated rings. The van der Waals surface area contributed by atoms with Crippen molar-refractivity contribution in [3.05, 3.63) is 47.8 Å². The van der Waals surface area contributed by atoms with Crippen LogP contribution in [0.1, 0.15) is 18.1 Å². The van der Waals surface area contributed by atoms with Gasteiger partial charge >= 0.3 is 0 Å². The highest BCUT2D eigenvalue weighted by molar-refractivity contribution is 7.89. The van der Waals surface area contributed by atoms with Crippen molar-refractivity contribution >= 4 is 10.0 Å². The average molecular weight is 323 g/mol. The van der Waals surface area contributed by atoms with Crippen molar-refractivity contribution in [2.24, 2.45) is 7.05 Å². The molecule has 7 heteroatoms. The summed E-state index contributed by atoms with van der Waals surface area (Å²) in [5.74, 6) is 0. The lowest BCUT2D eigenvalue weighted by molar-refractivity contribution is 0.256. The molecule has 2 aromatic rings. The smallest absolute Gasteiger partial charge is 0.241 e. The van der Waals surface area contributed by atoms with E-state index in [0.29, 0.717) is 12.8 Å². The maximum absolute atomic E-state index is 12.5. The zero-order valence-electron chi connectivity index (χ0n) is 12.7. The largest absolute Gasteiger partial charge is 0.395 e. The molecule has 2 rings (SSSR count). The molecular formula is C15H21N3O3S. The minimum absolute atomic E-state index is 0.266. The van der Waals surface area contributed by atoms with Crippen LogP contribution in [0.25, 0.3) is 0 Å². The molecule has 0 spiro atoms. The van der Waals surface area contributed by atoms with Gasteiger partial charge < -0.3 is 5.11 Å². The topological polar surface area (TPSA) is 84.2 Å². The molecular weight excluding hydrogens is 302 g/mol. The monoisotopic (exact) mass is 323 g/mol. The van der Waals surface area contributed by atoms with Gasteiger partial charge in [0.25, 0.3) is 0 Å². The third-order valence-electron chi connectivity index (χ3n) is 3.43. The van der Waals surface area contributed by atoms with Gasteiger partial charge in [-0.15, -0.1) is 0 Å². The summed E-state index contributed by atoms with van der Waals surface area (Å²) < 4.78 is 29.3. The molecule has 0 radical (unpaired) electrons. The molecule has 1 atom stereocenters. The van der Waals surface area contributed by atoms with Gasteiger partial charge in [0.2, 0.25) is 10.0 Å². The summed E-state index contributed by atoms with van der Waals surface area (Å²) in [6, 6.07) is 6.31. The van der Waals surface area contributed by atoms with Crippen molar-refractivity contribution in [1.29, 1.82) is 0 Å². The van der Waals surface area contributed by atoms with Gasteiger partial charge in [-0.05, 0) is 30.0 Å². The third kappa shape index (κ3) is 3.94. The van der Waals surface area contributed by atoms with E-state index in [1.165, 1.54) is 0 Å². The zero-order valence-corrected chi connectivity index (χ0v) is 13.5. The molecule has 0 aliphatic heterocycles. The summed E-state index contributed by atoms with van der Waals surface area (Å²) in [5, 5.41) is 13.5. The van der Waals surface area contributed by atoms with Crippen LogP contribution >= 0.6 is 0 Å². The first-order chi connectivity index (χ1) is 10.5. The van der Waals surface area contributed by atoms with Crippen molar-refractivity contribution in [2.45, 2.75) is 30.7 Å². The van der Waals surface area contributed by atoms with Crippen LogP contribution in [-0.2, 0) is 29.9 Å². The first-order valence-electron chi connectivity index (χ1n) is 7.15. The van der Waals surface area contributed by atoms with Crippen molar-refractivity contribution in [1.82, 2.24) is 14.5 Å². The fourth-order valence-electron chi connectivity index (χ4n) is 2.35. The van der Waals surface area contributed by atoms with E-state index in [-0.39, 0.29) is 11.5 Å². The van der Waals surface area contributed by atoms with Gasteiger partial charge in [-0.1, -0.05) is 25.1 Å². The highest BCUT2D eigenvalue weighted by Crippen LogP contribution is 2.16. The highest BCUT2D eigenvalue weighted by Gasteiger charge is 2.22. The number of aryl methyl sites for hydroxylation is 2. The van der Waals surface area contributed by atoms with E-state index in [1.807, 2.05) is 13.0 Å². The third-order valence-corrected chi connectivity index (χ3v) is 5.05. The Bertz CT molecular complexity index is 725. The number of hydrogen-bond donors (Lipinski definition) is 2. The molecule has 0 bridgehead atoms. The van der Waals surface area contributed by atoms with Gasteiger partial charge in [-0.25, -0.2) is 13.1 Å². The van der Waals surface area contributed by atoms with Gasteiger partial charge in [0.15, 0.2) is 0 Å². The normalized spacial score (nSPS) is 13.2. The Labute approximate surface area is 130 Å². The summed E-state index contributed by atoms with van der Waals surface area (Å²) in [5.41, 5.74) is 1.63. The van der Waals surface area contributed by atoms with Gasteiger partial charge in [0.1, 0.15) is 0 Å². The Balaban J connectivity index is 2.18. The number of aromatic nitrogens is 2. The average Bonchev–Trinajstić information content (AvgIpc) is 2.91. The van der Waals surface area contributed by atoms with Crippen LogP contribution in [0, 0.1) is 0 Å². The van der Waals surface area contributed by atoms with Crippen molar-refractivity contribution in [3.8, 4) is 0 Å². The molecule has 1 heterocycles. The second-order valence-corrected chi connectivity index (χ2v) is 6.87. The molecule has 1 aromatic heterocycles. The highest BCUT2D eigenvalue weighted by atomic mass is 32.2. The minimum atomic E-state index is -3.66. The molecule has 1 aromatic carbocycles. The Morgan fingerprint density at radius 2 is 2.09 bits per heavy atom. The Kier molecular flexibility index (Phi) is 5.33. The number of hydrogen-bond acceptors (Lipinski definition) is 4. The van der Waals surface area contributed by atoms with Crippen LogP contribution < -0.4 is 4.72 Å². The molecule has 0 unspecified atom stereocenters. The number of aliphatic hydroxyl groups excluding tert-OH is 1. The number of rotatable bonds is 7. The number of nitrogens with one attached hydrogen (secondary N) is 1. The molecule has 0 saturated heterocycles. The van der Waals surface area contributed by atoms with E-state index in [1.54, 1.807) is 42.3 Å². The van der Waals surface area contributed by atoms with Crippen LogP contribution in [0.5, 0.6) is 0 Å². The quantitative estimate of drug-likeness (QED) is 0.792. The number of sulfonamides is 1. The molecule has 0 aliphatic carbocycles. The van der Waals surface area contributed by atoms with Crippen LogP contribution in [0.3, 0.4) is 0 Å². The van der Waals surface area contributed by atoms with Crippen molar-refractivity contribution < 1.29 is 13.5 Å². The molecule has 120 valence electrons. The predicted octanol–water partition coefficient (Wildman–Crippen LogP) is 0.864. The fourth-order valence-corrected chi connectivity index (χ4v) is 3.89.